The van der Waals surface area contributed by atoms with Crippen molar-refractivity contribution < 1.29 is 18.8 Å². The van der Waals surface area contributed by atoms with Crippen molar-refractivity contribution in [3.8, 4) is 5.75 Å². The van der Waals surface area contributed by atoms with E-state index in [2.05, 4.69) is 43.5 Å². The third-order valence-corrected chi connectivity index (χ3v) is 5.25. The van der Waals surface area contributed by atoms with E-state index in [1.807, 2.05) is 49.5 Å². The number of carbonyl (C=O) groups excluding carboxylic acids is 2. The molecule has 34 heavy (non-hydrogen) atoms. The number of nitrogens with zero attached hydrogens (tertiary/aromatic N) is 3. The first-order valence-electron chi connectivity index (χ1n) is 11.3. The minimum absolute atomic E-state index is 0.0897. The maximum Gasteiger partial charge on any atom is 0.315 e. The summed E-state index contributed by atoms with van der Waals surface area (Å²) in [6, 6.07) is 17.6. The molecule has 2 aromatic carbocycles. The smallest absolute Gasteiger partial charge is 0.315 e. The number of hydrogen-bond acceptors (Lipinski definition) is 6. The minimum atomic E-state index is -0.467. The van der Waals surface area contributed by atoms with Gasteiger partial charge in [0.05, 0.1) is 13.0 Å². The summed E-state index contributed by atoms with van der Waals surface area (Å²) in [5.74, 6) is 0.554. The minimum Gasteiger partial charge on any atom is -0.494 e. The highest BCUT2D eigenvalue weighted by Gasteiger charge is 2.15. The number of para-hydroxylation sites is 1. The predicted molar refractivity (Wildman–Crippen MR) is 127 cm³/mol. The van der Waals surface area contributed by atoms with Crippen LogP contribution in [0, 0.1) is 0 Å². The predicted octanol–water partition coefficient (Wildman–Crippen LogP) is 2.75. The highest BCUT2D eigenvalue weighted by molar-refractivity contribution is 5.89. The molecule has 2 amide bonds. The molecule has 2 aromatic heterocycles. The molecule has 0 unspecified atom stereocenters. The molecule has 0 aliphatic rings. The third kappa shape index (κ3) is 6.00. The summed E-state index contributed by atoms with van der Waals surface area (Å²) < 4.78 is 12.6. The van der Waals surface area contributed by atoms with Crippen molar-refractivity contribution >= 4 is 22.7 Å². The number of amides is 2. The number of nitrogens with one attached hydrogen (secondary N) is 2. The van der Waals surface area contributed by atoms with Crippen molar-refractivity contribution in [2.24, 2.45) is 0 Å². The van der Waals surface area contributed by atoms with Crippen LogP contribution in [0.5, 0.6) is 5.75 Å². The summed E-state index contributed by atoms with van der Waals surface area (Å²) in [5, 5.41) is 10.5. The Morgan fingerprint density at radius 2 is 1.82 bits per heavy atom. The van der Waals surface area contributed by atoms with Crippen LogP contribution in [-0.2, 0) is 24.2 Å². The van der Waals surface area contributed by atoms with Crippen LogP contribution < -0.4 is 15.4 Å². The van der Waals surface area contributed by atoms with Crippen molar-refractivity contribution in [1.82, 2.24) is 25.3 Å². The van der Waals surface area contributed by atoms with Crippen molar-refractivity contribution in [3.63, 3.8) is 0 Å². The highest BCUT2D eigenvalue weighted by atomic mass is 16.5. The van der Waals surface area contributed by atoms with Crippen LogP contribution in [0.3, 0.4) is 0 Å². The Kier molecular flexibility index (Phi) is 7.54. The van der Waals surface area contributed by atoms with Crippen LogP contribution in [0.1, 0.15) is 29.0 Å². The Morgan fingerprint density at radius 3 is 2.65 bits per heavy atom. The summed E-state index contributed by atoms with van der Waals surface area (Å²) >= 11 is 0. The molecule has 4 rings (SSSR count). The van der Waals surface area contributed by atoms with Gasteiger partial charge in [0.25, 0.3) is 0 Å². The molecule has 0 saturated carbocycles. The summed E-state index contributed by atoms with van der Waals surface area (Å²) in [6.45, 7) is 3.74. The zero-order valence-corrected chi connectivity index (χ0v) is 19.0. The molecule has 9 heteroatoms. The molecule has 0 aliphatic carbocycles. The molecule has 176 valence electrons. The molecule has 0 aliphatic heterocycles. The average molecular weight is 462 g/mol. The van der Waals surface area contributed by atoms with Gasteiger partial charge in [0.15, 0.2) is 5.82 Å². The molecular weight excluding hydrogens is 434 g/mol. The quantitative estimate of drug-likeness (QED) is 0.332. The Bertz CT molecular complexity index is 1250. The summed E-state index contributed by atoms with van der Waals surface area (Å²) in [7, 11) is 0. The highest BCUT2D eigenvalue weighted by Crippen LogP contribution is 2.15. The van der Waals surface area contributed by atoms with Gasteiger partial charge in [0.1, 0.15) is 5.75 Å². The molecule has 0 saturated heterocycles. The lowest BCUT2D eigenvalue weighted by molar-refractivity contribution is -0.120. The second-order valence-electron chi connectivity index (χ2n) is 7.69. The van der Waals surface area contributed by atoms with E-state index in [0.717, 1.165) is 16.8 Å². The largest absolute Gasteiger partial charge is 0.494 e. The third-order valence-electron chi connectivity index (χ3n) is 5.25. The lowest BCUT2D eigenvalue weighted by Gasteiger charge is -2.07. The molecule has 4 aromatic rings. The Labute approximate surface area is 197 Å². The molecule has 0 bridgehead atoms. The fourth-order valence-corrected chi connectivity index (χ4v) is 3.58. The number of aromatic nitrogens is 3. The van der Waals surface area contributed by atoms with Crippen LogP contribution in [-0.4, -0.2) is 46.2 Å². The van der Waals surface area contributed by atoms with E-state index in [0.29, 0.717) is 31.9 Å². The first kappa shape index (κ1) is 23.0. The van der Waals surface area contributed by atoms with Crippen molar-refractivity contribution in [3.05, 3.63) is 78.1 Å². The van der Waals surface area contributed by atoms with Gasteiger partial charge in [0.2, 0.25) is 5.91 Å². The fraction of sp³-hybridized carbons (Fsp3) is 0.280. The molecule has 0 atom stereocenters. The zero-order chi connectivity index (χ0) is 23.8. The fourth-order valence-electron chi connectivity index (χ4n) is 3.58. The number of carbonyl (C=O) groups is 2. The topological polar surface area (TPSA) is 111 Å². The number of ether oxygens (including phenoxy) is 1. The van der Waals surface area contributed by atoms with E-state index in [-0.39, 0.29) is 24.8 Å². The number of aryl methyl sites for hydroxylation is 2. The van der Waals surface area contributed by atoms with Gasteiger partial charge in [-0.25, -0.2) is 0 Å². The monoisotopic (exact) mass is 461 g/mol. The number of benzene rings is 2. The zero-order valence-electron chi connectivity index (χ0n) is 19.0. The number of fused-ring (bicyclic) bond motifs is 1. The van der Waals surface area contributed by atoms with Gasteiger partial charge in [-0.2, -0.15) is 4.98 Å². The first-order valence-corrected chi connectivity index (χ1v) is 11.3. The van der Waals surface area contributed by atoms with Gasteiger partial charge < -0.3 is 24.5 Å². The van der Waals surface area contributed by atoms with E-state index in [1.54, 1.807) is 0 Å². The molecule has 0 fully saturated rings. The maximum absolute atomic E-state index is 12.2. The SMILES string of the molecule is CCOc1ccc(CC(=O)NCCNC(=O)c2nc(CCn3ccc4ccccc43)no2)cc1. The Balaban J connectivity index is 1.17. The van der Waals surface area contributed by atoms with Crippen LogP contribution >= 0.6 is 0 Å². The summed E-state index contributed by atoms with van der Waals surface area (Å²) in [4.78, 5) is 28.5. The van der Waals surface area contributed by atoms with Crippen LogP contribution in [0.2, 0.25) is 0 Å². The van der Waals surface area contributed by atoms with Gasteiger partial charge in [-0.1, -0.05) is 35.5 Å². The standard InChI is InChI=1S/C25H27N5O4/c1-2-33-20-9-7-18(8-10-20)17-23(31)26-13-14-27-24(32)25-28-22(29-34-25)12-16-30-15-11-19-5-3-4-6-21(19)30/h3-11,15H,2,12-14,16-17H2,1H3,(H,26,31)(H,27,32). The van der Waals surface area contributed by atoms with Crippen molar-refractivity contribution in [1.29, 1.82) is 0 Å². The van der Waals surface area contributed by atoms with E-state index in [9.17, 15) is 9.59 Å². The van der Waals surface area contributed by atoms with E-state index in [4.69, 9.17) is 9.26 Å². The summed E-state index contributed by atoms with van der Waals surface area (Å²) in [6.07, 6.45) is 2.81. The van der Waals surface area contributed by atoms with Crippen LogP contribution in [0.25, 0.3) is 10.9 Å². The number of hydrogen-bond donors (Lipinski definition) is 2. The van der Waals surface area contributed by atoms with E-state index < -0.39 is 5.91 Å². The summed E-state index contributed by atoms with van der Waals surface area (Å²) in [5.41, 5.74) is 2.02. The Morgan fingerprint density at radius 1 is 1.03 bits per heavy atom. The molecule has 0 spiro atoms. The Hall–Kier alpha value is -4.14. The molecule has 9 nitrogen and oxygen atoms in total. The maximum atomic E-state index is 12.2. The second kappa shape index (κ2) is 11.1. The normalized spacial score (nSPS) is 10.9. The van der Waals surface area contributed by atoms with Crippen molar-refractivity contribution in [2.75, 3.05) is 19.7 Å². The molecule has 2 heterocycles. The van der Waals surface area contributed by atoms with Gasteiger partial charge >= 0.3 is 11.8 Å². The lowest BCUT2D eigenvalue weighted by Crippen LogP contribution is -2.35. The van der Waals surface area contributed by atoms with Gasteiger partial charge in [-0.15, -0.1) is 0 Å². The van der Waals surface area contributed by atoms with E-state index >= 15 is 0 Å². The van der Waals surface area contributed by atoms with Crippen LogP contribution in [0.4, 0.5) is 0 Å². The van der Waals surface area contributed by atoms with Crippen molar-refractivity contribution in [2.45, 2.75) is 26.3 Å². The van der Waals surface area contributed by atoms with Gasteiger partial charge in [-0.05, 0) is 42.1 Å². The molecule has 0 radical (unpaired) electrons. The lowest BCUT2D eigenvalue weighted by atomic mass is 10.1. The first-order chi connectivity index (χ1) is 16.6. The van der Waals surface area contributed by atoms with Crippen LogP contribution in [0.15, 0.2) is 65.3 Å². The molecular formula is C25H27N5O4. The second-order valence-corrected chi connectivity index (χ2v) is 7.69. The van der Waals surface area contributed by atoms with Gasteiger partial charge in [0, 0.05) is 37.8 Å². The van der Waals surface area contributed by atoms with E-state index in [1.165, 1.54) is 5.39 Å². The van der Waals surface area contributed by atoms with Gasteiger partial charge in [-0.3, -0.25) is 9.59 Å². The average Bonchev–Trinajstić information content (AvgIpc) is 3.49. The number of rotatable bonds is 11. The molecule has 2 N–H and O–H groups in total.